The molecule has 0 unspecified atom stereocenters. The summed E-state index contributed by atoms with van der Waals surface area (Å²) in [4.78, 5) is 9.13. The van der Waals surface area contributed by atoms with Gasteiger partial charge in [-0.3, -0.25) is 4.99 Å². The van der Waals surface area contributed by atoms with E-state index in [-0.39, 0.29) is 4.90 Å². The molecule has 1 aromatic rings. The Morgan fingerprint density at radius 3 is 2.35 bits per heavy atom. The third kappa shape index (κ3) is 3.32. The van der Waals surface area contributed by atoms with Crippen molar-refractivity contribution in [2.75, 3.05) is 45.8 Å². The molecule has 1 fully saturated rings. The SMILES string of the molecule is CCN1CCN(C2=NCCN2S(=O)(=O)c2ccc(Cl)cc2)CC1. The van der Waals surface area contributed by atoms with Crippen molar-refractivity contribution in [2.45, 2.75) is 11.8 Å². The number of hydrogen-bond acceptors (Lipinski definition) is 5. The van der Waals surface area contributed by atoms with E-state index < -0.39 is 10.0 Å². The van der Waals surface area contributed by atoms with Crippen molar-refractivity contribution < 1.29 is 8.42 Å². The third-order valence-electron chi connectivity index (χ3n) is 4.28. The minimum Gasteiger partial charge on any atom is -0.339 e. The highest BCUT2D eigenvalue weighted by Crippen LogP contribution is 2.22. The number of piperazine rings is 1. The number of aliphatic imine (C=N–C) groups is 1. The molecule has 23 heavy (non-hydrogen) atoms. The molecule has 126 valence electrons. The van der Waals surface area contributed by atoms with Crippen LogP contribution in [0.5, 0.6) is 0 Å². The van der Waals surface area contributed by atoms with Gasteiger partial charge in [0, 0.05) is 31.2 Å². The van der Waals surface area contributed by atoms with Crippen LogP contribution in [-0.4, -0.2) is 74.3 Å². The highest BCUT2D eigenvalue weighted by atomic mass is 35.5. The molecule has 0 aromatic heterocycles. The fourth-order valence-electron chi connectivity index (χ4n) is 2.90. The summed E-state index contributed by atoms with van der Waals surface area (Å²) in [7, 11) is -3.58. The van der Waals surface area contributed by atoms with E-state index in [1.165, 1.54) is 4.31 Å². The van der Waals surface area contributed by atoms with Crippen LogP contribution in [-0.2, 0) is 10.0 Å². The predicted molar refractivity (Wildman–Crippen MR) is 91.3 cm³/mol. The zero-order valence-electron chi connectivity index (χ0n) is 13.2. The number of nitrogens with zero attached hydrogens (tertiary/aromatic N) is 4. The van der Waals surface area contributed by atoms with Gasteiger partial charge in [0.05, 0.1) is 18.0 Å². The summed E-state index contributed by atoms with van der Waals surface area (Å²) in [5, 5.41) is 0.523. The monoisotopic (exact) mass is 356 g/mol. The van der Waals surface area contributed by atoms with Crippen molar-refractivity contribution in [3.05, 3.63) is 29.3 Å². The van der Waals surface area contributed by atoms with Crippen LogP contribution < -0.4 is 0 Å². The molecule has 0 atom stereocenters. The summed E-state index contributed by atoms with van der Waals surface area (Å²) in [6, 6.07) is 6.29. The van der Waals surface area contributed by atoms with Gasteiger partial charge in [-0.25, -0.2) is 12.7 Å². The lowest BCUT2D eigenvalue weighted by Gasteiger charge is -2.37. The second-order valence-corrected chi connectivity index (χ2v) is 7.93. The third-order valence-corrected chi connectivity index (χ3v) is 6.33. The van der Waals surface area contributed by atoms with E-state index in [4.69, 9.17) is 11.6 Å². The van der Waals surface area contributed by atoms with E-state index in [9.17, 15) is 8.42 Å². The van der Waals surface area contributed by atoms with Crippen LogP contribution >= 0.6 is 11.6 Å². The Morgan fingerprint density at radius 1 is 1.09 bits per heavy atom. The highest BCUT2D eigenvalue weighted by Gasteiger charge is 2.34. The number of benzene rings is 1. The minimum atomic E-state index is -3.58. The van der Waals surface area contributed by atoms with E-state index in [0.29, 0.717) is 24.1 Å². The maximum Gasteiger partial charge on any atom is 0.266 e. The molecule has 8 heteroatoms. The number of likely N-dealkylation sites (N-methyl/N-ethyl adjacent to an activating group) is 1. The molecule has 3 rings (SSSR count). The Balaban J connectivity index is 1.80. The van der Waals surface area contributed by atoms with Crippen molar-refractivity contribution in [2.24, 2.45) is 4.99 Å². The molecule has 0 spiro atoms. The van der Waals surface area contributed by atoms with Gasteiger partial charge in [-0.05, 0) is 30.8 Å². The molecule has 0 bridgehead atoms. The van der Waals surface area contributed by atoms with Crippen LogP contribution in [0.2, 0.25) is 5.02 Å². The van der Waals surface area contributed by atoms with Crippen LogP contribution in [0.25, 0.3) is 0 Å². The van der Waals surface area contributed by atoms with Crippen LogP contribution in [0.1, 0.15) is 6.92 Å². The number of guanidine groups is 1. The fraction of sp³-hybridized carbons (Fsp3) is 0.533. The molecular formula is C15H21ClN4O2S. The quantitative estimate of drug-likeness (QED) is 0.820. The summed E-state index contributed by atoms with van der Waals surface area (Å²) in [6.45, 7) is 7.55. The maximum absolute atomic E-state index is 12.9. The molecule has 1 aromatic carbocycles. The van der Waals surface area contributed by atoms with Crippen LogP contribution in [0.15, 0.2) is 34.2 Å². The van der Waals surface area contributed by atoms with Gasteiger partial charge in [0.1, 0.15) is 0 Å². The van der Waals surface area contributed by atoms with E-state index in [0.717, 1.165) is 32.7 Å². The molecule has 1 saturated heterocycles. The Kier molecular flexibility index (Phi) is 4.79. The van der Waals surface area contributed by atoms with E-state index in [2.05, 4.69) is 21.7 Å². The van der Waals surface area contributed by atoms with E-state index in [1.54, 1.807) is 24.3 Å². The zero-order chi connectivity index (χ0) is 16.4. The van der Waals surface area contributed by atoms with Gasteiger partial charge in [-0.2, -0.15) is 0 Å². The number of sulfonamides is 1. The van der Waals surface area contributed by atoms with Crippen molar-refractivity contribution >= 4 is 27.6 Å². The molecule has 2 aliphatic rings. The normalized spacial score (nSPS) is 20.0. The summed E-state index contributed by atoms with van der Waals surface area (Å²) in [5.41, 5.74) is 0. The molecule has 0 aliphatic carbocycles. The maximum atomic E-state index is 12.9. The van der Waals surface area contributed by atoms with Crippen LogP contribution in [0.4, 0.5) is 0 Å². The van der Waals surface area contributed by atoms with Crippen molar-refractivity contribution in [1.82, 2.24) is 14.1 Å². The smallest absolute Gasteiger partial charge is 0.266 e. The van der Waals surface area contributed by atoms with Gasteiger partial charge < -0.3 is 9.80 Å². The van der Waals surface area contributed by atoms with Crippen LogP contribution in [0, 0.1) is 0 Å². The Hall–Kier alpha value is -1.31. The number of halogens is 1. The average Bonchev–Trinajstić information content (AvgIpc) is 3.06. The standard InChI is InChI=1S/C15H21ClN4O2S/c1-2-18-9-11-19(12-10-18)15-17-7-8-20(15)23(21,22)14-5-3-13(16)4-6-14/h3-6H,2,7-12H2,1H3. The van der Waals surface area contributed by atoms with E-state index in [1.807, 2.05) is 0 Å². The number of rotatable bonds is 3. The molecule has 0 radical (unpaired) electrons. The van der Waals surface area contributed by atoms with Crippen LogP contribution in [0.3, 0.4) is 0 Å². The molecule has 2 aliphatic heterocycles. The largest absolute Gasteiger partial charge is 0.339 e. The van der Waals surface area contributed by atoms with Gasteiger partial charge in [0.25, 0.3) is 10.0 Å². The Labute approximate surface area is 142 Å². The molecular weight excluding hydrogens is 336 g/mol. The van der Waals surface area contributed by atoms with Gasteiger partial charge >= 0.3 is 0 Å². The first-order valence-electron chi connectivity index (χ1n) is 7.82. The zero-order valence-corrected chi connectivity index (χ0v) is 14.7. The van der Waals surface area contributed by atoms with E-state index >= 15 is 0 Å². The first-order valence-corrected chi connectivity index (χ1v) is 9.64. The summed E-state index contributed by atoms with van der Waals surface area (Å²) in [5.74, 6) is 0.579. The summed E-state index contributed by atoms with van der Waals surface area (Å²) in [6.07, 6.45) is 0. The van der Waals surface area contributed by atoms with Gasteiger partial charge in [-0.1, -0.05) is 18.5 Å². The lowest BCUT2D eigenvalue weighted by molar-refractivity contribution is 0.184. The molecule has 0 N–H and O–H groups in total. The van der Waals surface area contributed by atoms with Gasteiger partial charge in [-0.15, -0.1) is 0 Å². The topological polar surface area (TPSA) is 56.2 Å². The molecule has 2 heterocycles. The van der Waals surface area contributed by atoms with Crippen molar-refractivity contribution in [3.63, 3.8) is 0 Å². The fourth-order valence-corrected chi connectivity index (χ4v) is 4.47. The highest BCUT2D eigenvalue weighted by molar-refractivity contribution is 7.89. The second-order valence-electron chi connectivity index (χ2n) is 5.63. The van der Waals surface area contributed by atoms with Gasteiger partial charge in [0.15, 0.2) is 0 Å². The lowest BCUT2D eigenvalue weighted by atomic mass is 10.3. The minimum absolute atomic E-state index is 0.253. The van der Waals surface area contributed by atoms with Crippen molar-refractivity contribution in [1.29, 1.82) is 0 Å². The molecule has 0 saturated carbocycles. The van der Waals surface area contributed by atoms with Gasteiger partial charge in [0.2, 0.25) is 5.96 Å². The average molecular weight is 357 g/mol. The summed E-state index contributed by atoms with van der Waals surface area (Å²) < 4.78 is 27.2. The molecule has 0 amide bonds. The predicted octanol–water partition coefficient (Wildman–Crippen LogP) is 1.34. The Morgan fingerprint density at radius 2 is 1.74 bits per heavy atom. The first-order chi connectivity index (χ1) is 11.0. The second kappa shape index (κ2) is 6.67. The summed E-state index contributed by atoms with van der Waals surface area (Å²) >= 11 is 5.85. The molecule has 6 nitrogen and oxygen atoms in total. The lowest BCUT2D eigenvalue weighted by Crippen LogP contribution is -2.53. The number of hydrogen-bond donors (Lipinski definition) is 0. The first kappa shape index (κ1) is 16.5. The Bertz CT molecular complexity index is 682. The van der Waals surface area contributed by atoms with Crippen molar-refractivity contribution in [3.8, 4) is 0 Å².